The second-order valence-electron chi connectivity index (χ2n) is 1.49. The molecule has 40 valence electrons. The van der Waals surface area contributed by atoms with Crippen molar-refractivity contribution in [2.24, 2.45) is 0 Å². The summed E-state index contributed by atoms with van der Waals surface area (Å²) in [4.78, 5) is 0. The first-order valence-electron chi connectivity index (χ1n) is 2.25. The Morgan fingerprint density at radius 2 is 2.62 bits per heavy atom. The van der Waals surface area contributed by atoms with Crippen molar-refractivity contribution in [2.45, 2.75) is 0 Å². The molecule has 0 fully saturated rings. The van der Waals surface area contributed by atoms with E-state index in [1.807, 2.05) is 17.5 Å². The van der Waals surface area contributed by atoms with Gasteiger partial charge in [0.25, 0.3) is 0 Å². The summed E-state index contributed by atoms with van der Waals surface area (Å²) in [6.07, 6.45) is 1.96. The number of hydrogen-bond donors (Lipinski definition) is 0. The topological polar surface area (TPSA) is 12.9 Å². The molecule has 0 unspecified atom stereocenters. The molecule has 8 heavy (non-hydrogen) atoms. The van der Waals surface area contributed by atoms with Crippen LogP contribution in [0.3, 0.4) is 0 Å². The molecule has 0 atom stereocenters. The maximum atomic E-state index is 4.16. The number of rotatable bonds is 0. The van der Waals surface area contributed by atoms with Crippen molar-refractivity contribution < 1.29 is 0 Å². The summed E-state index contributed by atoms with van der Waals surface area (Å²) in [5, 5.41) is 3.47. The van der Waals surface area contributed by atoms with Crippen molar-refractivity contribution in [1.82, 2.24) is 3.98 Å². The quantitative estimate of drug-likeness (QED) is 0.569. The minimum atomic E-state index is 0.420. The molecular formula is C5H3NSSe. The molecule has 0 bridgehead atoms. The number of aromatic nitrogens is 1. The van der Waals surface area contributed by atoms with Gasteiger partial charge in [-0.3, -0.25) is 0 Å². The molecule has 0 radical (unpaired) electrons. The standard InChI is InChI=1S/C5H3NSSe/c1-2-7-5-4(1)3-6-8-5/h1-3H. The van der Waals surface area contributed by atoms with Gasteiger partial charge in [-0.05, 0) is 0 Å². The van der Waals surface area contributed by atoms with Crippen LogP contribution in [0.5, 0.6) is 0 Å². The molecule has 2 aromatic heterocycles. The van der Waals surface area contributed by atoms with Crippen LogP contribution < -0.4 is 0 Å². The van der Waals surface area contributed by atoms with E-state index in [4.69, 9.17) is 0 Å². The Bertz CT molecular complexity index is 234. The van der Waals surface area contributed by atoms with Crippen LogP contribution in [0.2, 0.25) is 0 Å². The number of thiophene rings is 1. The van der Waals surface area contributed by atoms with Crippen molar-refractivity contribution in [3.8, 4) is 0 Å². The second kappa shape index (κ2) is 1.69. The van der Waals surface area contributed by atoms with Crippen LogP contribution in [-0.4, -0.2) is 18.7 Å². The molecule has 2 aromatic rings. The predicted octanol–water partition coefficient (Wildman–Crippen LogP) is 1.35. The van der Waals surface area contributed by atoms with Crippen molar-refractivity contribution in [3.63, 3.8) is 0 Å². The summed E-state index contributed by atoms with van der Waals surface area (Å²) in [7, 11) is 0. The van der Waals surface area contributed by atoms with Gasteiger partial charge in [-0.15, -0.1) is 0 Å². The van der Waals surface area contributed by atoms with Gasteiger partial charge in [0.1, 0.15) is 0 Å². The van der Waals surface area contributed by atoms with E-state index in [9.17, 15) is 0 Å². The first kappa shape index (κ1) is 4.74. The molecule has 1 nitrogen and oxygen atoms in total. The van der Waals surface area contributed by atoms with Gasteiger partial charge in [0.05, 0.1) is 0 Å². The Morgan fingerprint density at radius 3 is 3.50 bits per heavy atom. The van der Waals surface area contributed by atoms with Gasteiger partial charge in [-0.25, -0.2) is 0 Å². The molecule has 2 rings (SSSR count). The van der Waals surface area contributed by atoms with E-state index in [0.29, 0.717) is 14.7 Å². The van der Waals surface area contributed by atoms with Gasteiger partial charge in [0, 0.05) is 0 Å². The second-order valence-corrected chi connectivity index (χ2v) is 4.67. The third-order valence-corrected chi connectivity index (χ3v) is 3.99. The van der Waals surface area contributed by atoms with Gasteiger partial charge < -0.3 is 0 Å². The number of nitrogens with zero attached hydrogens (tertiary/aromatic N) is 1. The molecule has 0 aliphatic heterocycles. The van der Waals surface area contributed by atoms with Gasteiger partial charge in [-0.1, -0.05) is 0 Å². The summed E-state index contributed by atoms with van der Waals surface area (Å²) in [6.45, 7) is 0. The van der Waals surface area contributed by atoms with Gasteiger partial charge in [0.15, 0.2) is 0 Å². The molecule has 0 N–H and O–H groups in total. The molecule has 2 heterocycles. The van der Waals surface area contributed by atoms with Crippen molar-refractivity contribution in [3.05, 3.63) is 17.6 Å². The van der Waals surface area contributed by atoms with Crippen LogP contribution >= 0.6 is 11.3 Å². The molecule has 0 aliphatic carbocycles. The van der Waals surface area contributed by atoms with Crippen LogP contribution in [0.1, 0.15) is 0 Å². The third-order valence-electron chi connectivity index (χ3n) is 0.986. The SMILES string of the molecule is c1cc2cn[se]c2s1. The predicted molar refractivity (Wildman–Crippen MR) is 36.6 cm³/mol. The third kappa shape index (κ3) is 0.558. The summed E-state index contributed by atoms with van der Waals surface area (Å²) >= 11 is 2.23. The average molecular weight is 188 g/mol. The molecule has 0 amide bonds. The van der Waals surface area contributed by atoms with E-state index in [-0.39, 0.29) is 0 Å². The molecule has 0 saturated heterocycles. The van der Waals surface area contributed by atoms with E-state index in [2.05, 4.69) is 15.4 Å². The molecule has 0 spiro atoms. The van der Waals surface area contributed by atoms with Crippen LogP contribution in [0.25, 0.3) is 8.96 Å². The van der Waals surface area contributed by atoms with Gasteiger partial charge in [-0.2, -0.15) is 0 Å². The maximum absolute atomic E-state index is 4.16. The Kier molecular flexibility index (Phi) is 1.00. The minimum absolute atomic E-state index is 0.420. The molecule has 3 heteroatoms. The Labute approximate surface area is 57.0 Å². The number of fused-ring (bicyclic) bond motifs is 1. The van der Waals surface area contributed by atoms with E-state index >= 15 is 0 Å². The van der Waals surface area contributed by atoms with Crippen LogP contribution in [0.15, 0.2) is 17.6 Å². The van der Waals surface area contributed by atoms with E-state index in [0.717, 1.165) is 0 Å². The van der Waals surface area contributed by atoms with E-state index in [1.54, 1.807) is 0 Å². The van der Waals surface area contributed by atoms with Crippen molar-refractivity contribution in [2.75, 3.05) is 0 Å². The van der Waals surface area contributed by atoms with E-state index in [1.165, 1.54) is 8.96 Å². The Hall–Kier alpha value is -0.111. The van der Waals surface area contributed by atoms with E-state index < -0.39 is 0 Å². The summed E-state index contributed by atoms with van der Waals surface area (Å²) in [5.41, 5.74) is 0. The molecular weight excluding hydrogens is 185 g/mol. The first-order valence-corrected chi connectivity index (χ1v) is 4.75. The van der Waals surface area contributed by atoms with Gasteiger partial charge in [0.2, 0.25) is 0 Å². The fraction of sp³-hybridized carbons (Fsp3) is 0. The van der Waals surface area contributed by atoms with Crippen LogP contribution in [0.4, 0.5) is 0 Å². The fourth-order valence-corrected chi connectivity index (χ4v) is 3.11. The zero-order chi connectivity index (χ0) is 5.40. The zero-order valence-corrected chi connectivity index (χ0v) is 6.53. The summed E-state index contributed by atoms with van der Waals surface area (Å²) < 4.78 is 5.63. The first-order chi connectivity index (χ1) is 3.97. The summed E-state index contributed by atoms with van der Waals surface area (Å²) in [6, 6.07) is 2.12. The molecule has 0 aliphatic rings. The van der Waals surface area contributed by atoms with Gasteiger partial charge >= 0.3 is 56.7 Å². The Balaban J connectivity index is 3.06. The summed E-state index contributed by atoms with van der Waals surface area (Å²) in [5.74, 6) is 0. The fourth-order valence-electron chi connectivity index (χ4n) is 0.606. The average Bonchev–Trinajstić information content (AvgIpc) is 2.15. The molecule has 0 aromatic carbocycles. The van der Waals surface area contributed by atoms with Crippen LogP contribution in [-0.2, 0) is 0 Å². The monoisotopic (exact) mass is 189 g/mol. The number of hydrogen-bond acceptors (Lipinski definition) is 2. The van der Waals surface area contributed by atoms with Crippen molar-refractivity contribution in [1.29, 1.82) is 0 Å². The zero-order valence-electron chi connectivity index (χ0n) is 4.00. The Morgan fingerprint density at radius 1 is 1.62 bits per heavy atom. The molecule has 0 saturated carbocycles. The van der Waals surface area contributed by atoms with Crippen LogP contribution in [0, 0.1) is 0 Å². The van der Waals surface area contributed by atoms with Crippen molar-refractivity contribution >= 4 is 35.0 Å². The normalized spacial score (nSPS) is 10.5.